The fraction of sp³-hybridized carbons (Fsp3) is 0.929. The van der Waals surface area contributed by atoms with Gasteiger partial charge in [0.1, 0.15) is 0 Å². The fourth-order valence-electron chi connectivity index (χ4n) is 2.85. The predicted octanol–water partition coefficient (Wildman–Crippen LogP) is 1.59. The van der Waals surface area contributed by atoms with E-state index in [9.17, 15) is 4.79 Å². The molecule has 2 N–H and O–H groups in total. The summed E-state index contributed by atoms with van der Waals surface area (Å²) in [5, 5.41) is 6.44. The van der Waals surface area contributed by atoms with Crippen molar-refractivity contribution >= 4 is 5.91 Å². The number of hydrogen-bond donors (Lipinski definition) is 2. The molecule has 0 aromatic carbocycles. The van der Waals surface area contributed by atoms with Gasteiger partial charge in [0.25, 0.3) is 0 Å². The first-order valence-electron chi connectivity index (χ1n) is 7.24. The molecule has 0 radical (unpaired) electrons. The van der Waals surface area contributed by atoms with Gasteiger partial charge in [0.05, 0.1) is 11.6 Å². The van der Waals surface area contributed by atoms with Crippen LogP contribution >= 0.6 is 0 Å². The Kier molecular flexibility index (Phi) is 4.62. The maximum absolute atomic E-state index is 12.0. The van der Waals surface area contributed by atoms with E-state index in [1.165, 1.54) is 19.3 Å². The zero-order valence-corrected chi connectivity index (χ0v) is 11.6. The maximum Gasteiger partial charge on any atom is 0.237 e. The summed E-state index contributed by atoms with van der Waals surface area (Å²) in [5.41, 5.74) is -0.0120. The van der Waals surface area contributed by atoms with E-state index in [0.29, 0.717) is 6.04 Å². The summed E-state index contributed by atoms with van der Waals surface area (Å²) in [6.07, 6.45) is 8.22. The molecule has 0 aromatic rings. The van der Waals surface area contributed by atoms with Crippen LogP contribution in [-0.4, -0.2) is 37.2 Å². The molecule has 4 heteroatoms. The van der Waals surface area contributed by atoms with E-state index in [0.717, 1.165) is 32.2 Å². The molecule has 2 fully saturated rings. The molecule has 18 heavy (non-hydrogen) atoms. The summed E-state index contributed by atoms with van der Waals surface area (Å²) in [6.45, 7) is 2.72. The highest BCUT2D eigenvalue weighted by Gasteiger charge is 2.37. The second-order valence-electron chi connectivity index (χ2n) is 5.83. The molecular weight excluding hydrogens is 228 g/mol. The minimum Gasteiger partial charge on any atom is -0.377 e. The van der Waals surface area contributed by atoms with Gasteiger partial charge in [0.15, 0.2) is 0 Å². The van der Waals surface area contributed by atoms with Gasteiger partial charge in [-0.3, -0.25) is 4.79 Å². The lowest BCUT2D eigenvalue weighted by atomic mass is 9.80. The third-order valence-electron chi connectivity index (χ3n) is 4.52. The number of carbonyl (C=O) groups excluding carboxylic acids is 1. The Morgan fingerprint density at radius 3 is 2.50 bits per heavy atom. The van der Waals surface area contributed by atoms with E-state index in [2.05, 4.69) is 10.6 Å². The monoisotopic (exact) mass is 254 g/mol. The molecule has 4 nitrogen and oxygen atoms in total. The van der Waals surface area contributed by atoms with Crippen molar-refractivity contribution in [1.82, 2.24) is 10.6 Å². The highest BCUT2D eigenvalue weighted by atomic mass is 16.5. The van der Waals surface area contributed by atoms with Crippen molar-refractivity contribution in [3.63, 3.8) is 0 Å². The molecule has 0 aromatic heterocycles. The number of carbonyl (C=O) groups is 1. The molecule has 2 aliphatic rings. The number of ether oxygens (including phenoxy) is 1. The van der Waals surface area contributed by atoms with Crippen molar-refractivity contribution in [3.8, 4) is 0 Å². The largest absolute Gasteiger partial charge is 0.377 e. The molecule has 0 heterocycles. The topological polar surface area (TPSA) is 50.4 Å². The Bertz CT molecular complexity index is 278. The summed E-state index contributed by atoms with van der Waals surface area (Å²) < 4.78 is 5.54. The summed E-state index contributed by atoms with van der Waals surface area (Å²) in [6, 6.07) is 0.278. The number of rotatable bonds is 6. The summed E-state index contributed by atoms with van der Waals surface area (Å²) >= 11 is 0. The van der Waals surface area contributed by atoms with Crippen LogP contribution in [-0.2, 0) is 9.53 Å². The molecule has 1 unspecified atom stereocenters. The first kappa shape index (κ1) is 13.8. The molecule has 104 valence electrons. The summed E-state index contributed by atoms with van der Waals surface area (Å²) in [5.74, 6) is 0.132. The highest BCUT2D eigenvalue weighted by Crippen LogP contribution is 2.34. The lowest BCUT2D eigenvalue weighted by Crippen LogP contribution is -2.53. The zero-order valence-electron chi connectivity index (χ0n) is 11.6. The lowest BCUT2D eigenvalue weighted by Gasteiger charge is -2.41. The first-order valence-corrected chi connectivity index (χ1v) is 7.24. The van der Waals surface area contributed by atoms with Crippen LogP contribution in [0, 0.1) is 0 Å². The van der Waals surface area contributed by atoms with E-state index >= 15 is 0 Å². The van der Waals surface area contributed by atoms with Crippen molar-refractivity contribution in [3.05, 3.63) is 0 Å². The van der Waals surface area contributed by atoms with Crippen LogP contribution in [0.5, 0.6) is 0 Å². The second kappa shape index (κ2) is 6.02. The molecule has 0 bridgehead atoms. The third kappa shape index (κ3) is 3.23. The molecule has 0 aliphatic heterocycles. The Morgan fingerprint density at radius 2 is 2.00 bits per heavy atom. The van der Waals surface area contributed by atoms with Gasteiger partial charge in [-0.25, -0.2) is 0 Å². The van der Waals surface area contributed by atoms with Gasteiger partial charge < -0.3 is 15.4 Å². The molecule has 2 rings (SSSR count). The smallest absolute Gasteiger partial charge is 0.237 e. The van der Waals surface area contributed by atoms with Gasteiger partial charge >= 0.3 is 0 Å². The van der Waals surface area contributed by atoms with Gasteiger partial charge in [0.2, 0.25) is 5.91 Å². The van der Waals surface area contributed by atoms with Crippen LogP contribution in [0.2, 0.25) is 0 Å². The Hall–Kier alpha value is -0.610. The SMILES string of the molecule is COC1(CNC(C)C(=O)NC2CCCC2)CCC1. The van der Waals surface area contributed by atoms with Crippen LogP contribution in [0.4, 0.5) is 0 Å². The van der Waals surface area contributed by atoms with E-state index in [-0.39, 0.29) is 17.6 Å². The van der Waals surface area contributed by atoms with Crippen molar-refractivity contribution in [1.29, 1.82) is 0 Å². The molecule has 0 spiro atoms. The minimum atomic E-state index is -0.127. The summed E-state index contributed by atoms with van der Waals surface area (Å²) in [7, 11) is 1.77. The fourth-order valence-corrected chi connectivity index (χ4v) is 2.85. The van der Waals surface area contributed by atoms with Gasteiger partial charge in [-0.15, -0.1) is 0 Å². The normalized spacial score (nSPS) is 24.6. The number of nitrogens with one attached hydrogen (secondary N) is 2. The van der Waals surface area contributed by atoms with E-state index in [1.54, 1.807) is 7.11 Å². The van der Waals surface area contributed by atoms with Gasteiger partial charge in [-0.1, -0.05) is 12.8 Å². The van der Waals surface area contributed by atoms with Crippen LogP contribution < -0.4 is 10.6 Å². The number of amides is 1. The van der Waals surface area contributed by atoms with Crippen LogP contribution in [0.15, 0.2) is 0 Å². The summed E-state index contributed by atoms with van der Waals surface area (Å²) in [4.78, 5) is 12.0. The Balaban J connectivity index is 1.69. The van der Waals surface area contributed by atoms with E-state index in [4.69, 9.17) is 4.74 Å². The molecule has 0 saturated heterocycles. The number of hydrogen-bond acceptors (Lipinski definition) is 3. The standard InChI is InChI=1S/C14H26N2O2/c1-11(13(17)16-12-6-3-4-7-12)15-10-14(18-2)8-5-9-14/h11-12,15H,3-10H2,1-2H3,(H,16,17). The Morgan fingerprint density at radius 1 is 1.33 bits per heavy atom. The van der Waals surface area contributed by atoms with Crippen molar-refractivity contribution in [2.75, 3.05) is 13.7 Å². The lowest BCUT2D eigenvalue weighted by molar-refractivity contribution is -0.124. The quantitative estimate of drug-likeness (QED) is 0.757. The van der Waals surface area contributed by atoms with Crippen molar-refractivity contribution < 1.29 is 9.53 Å². The molecule has 2 aliphatic carbocycles. The van der Waals surface area contributed by atoms with Crippen LogP contribution in [0.1, 0.15) is 51.9 Å². The number of methoxy groups -OCH3 is 1. The second-order valence-corrected chi connectivity index (χ2v) is 5.83. The molecule has 1 amide bonds. The minimum absolute atomic E-state index is 0.0120. The van der Waals surface area contributed by atoms with E-state index in [1.807, 2.05) is 6.92 Å². The molecular formula is C14H26N2O2. The maximum atomic E-state index is 12.0. The van der Waals surface area contributed by atoms with Gasteiger partial charge in [-0.05, 0) is 39.0 Å². The third-order valence-corrected chi connectivity index (χ3v) is 4.52. The first-order chi connectivity index (χ1) is 8.65. The molecule has 1 atom stereocenters. The average Bonchev–Trinajstić information content (AvgIpc) is 2.80. The van der Waals surface area contributed by atoms with Crippen LogP contribution in [0.25, 0.3) is 0 Å². The zero-order chi connectivity index (χ0) is 13.0. The predicted molar refractivity (Wildman–Crippen MR) is 71.5 cm³/mol. The molecule has 2 saturated carbocycles. The van der Waals surface area contributed by atoms with Crippen molar-refractivity contribution in [2.45, 2.75) is 69.6 Å². The van der Waals surface area contributed by atoms with E-state index < -0.39 is 0 Å². The van der Waals surface area contributed by atoms with Crippen molar-refractivity contribution in [2.24, 2.45) is 0 Å². The van der Waals surface area contributed by atoms with Gasteiger partial charge in [0, 0.05) is 19.7 Å². The van der Waals surface area contributed by atoms with Crippen LogP contribution in [0.3, 0.4) is 0 Å². The highest BCUT2D eigenvalue weighted by molar-refractivity contribution is 5.81. The van der Waals surface area contributed by atoms with Gasteiger partial charge in [-0.2, -0.15) is 0 Å². The Labute approximate surface area is 110 Å². The average molecular weight is 254 g/mol.